The highest BCUT2D eigenvalue weighted by Crippen LogP contribution is 2.38. The van der Waals surface area contributed by atoms with E-state index in [4.69, 9.17) is 9.84 Å². The van der Waals surface area contributed by atoms with Gasteiger partial charge in [0.15, 0.2) is 0 Å². The Balaban J connectivity index is 1.49. The third-order valence-corrected chi connectivity index (χ3v) is 6.29. The molecule has 6 heteroatoms. The van der Waals surface area contributed by atoms with E-state index in [-0.39, 0.29) is 11.9 Å². The predicted octanol–water partition coefficient (Wildman–Crippen LogP) is 2.73. The Bertz CT molecular complexity index is 898. The van der Waals surface area contributed by atoms with Gasteiger partial charge in [0.25, 0.3) is 0 Å². The molecule has 1 atom stereocenters. The highest BCUT2D eigenvalue weighted by Gasteiger charge is 2.33. The van der Waals surface area contributed by atoms with Gasteiger partial charge in [-0.2, -0.15) is 0 Å². The van der Waals surface area contributed by atoms with Crippen molar-refractivity contribution in [2.75, 3.05) is 26.2 Å². The van der Waals surface area contributed by atoms with Crippen LogP contribution in [0, 0.1) is 0 Å². The standard InChI is InChI=1S/C22H26N4O2/c1-2-20(27)25-12-13-28-22-21-18(14-25)23-11-10-19(21)26(24-22)17-8-6-16(7-9-17)15-4-3-5-15/h2,6-9,15,18,23H,1,3-5,10-14H2. The number of nitrogens with one attached hydrogen (secondary N) is 1. The number of rotatable bonds is 3. The van der Waals surface area contributed by atoms with Gasteiger partial charge in [-0.15, -0.1) is 5.10 Å². The maximum Gasteiger partial charge on any atom is 0.246 e. The van der Waals surface area contributed by atoms with E-state index < -0.39 is 0 Å². The number of benzene rings is 1. The molecule has 0 radical (unpaired) electrons. The lowest BCUT2D eigenvalue weighted by atomic mass is 9.80. The quantitative estimate of drug-likeness (QED) is 0.835. The molecule has 2 aromatic rings. The van der Waals surface area contributed by atoms with Gasteiger partial charge in [-0.25, -0.2) is 4.68 Å². The predicted molar refractivity (Wildman–Crippen MR) is 107 cm³/mol. The number of aromatic nitrogens is 2. The average Bonchev–Trinajstić information content (AvgIpc) is 3.03. The zero-order chi connectivity index (χ0) is 19.1. The Morgan fingerprint density at radius 3 is 2.82 bits per heavy atom. The van der Waals surface area contributed by atoms with E-state index in [1.807, 2.05) is 4.68 Å². The highest BCUT2D eigenvalue weighted by molar-refractivity contribution is 5.87. The van der Waals surface area contributed by atoms with Crippen LogP contribution in [0.15, 0.2) is 36.9 Å². The number of nitrogens with zero attached hydrogens (tertiary/aromatic N) is 3. The van der Waals surface area contributed by atoms with Gasteiger partial charge >= 0.3 is 0 Å². The molecule has 3 heterocycles. The molecule has 1 fully saturated rings. The Hall–Kier alpha value is -2.60. The van der Waals surface area contributed by atoms with Crippen molar-refractivity contribution in [3.8, 4) is 11.6 Å². The van der Waals surface area contributed by atoms with E-state index in [0.29, 0.717) is 25.6 Å². The number of hydrogen-bond acceptors (Lipinski definition) is 4. The fourth-order valence-electron chi connectivity index (χ4n) is 4.50. The highest BCUT2D eigenvalue weighted by atomic mass is 16.5. The maximum absolute atomic E-state index is 12.2. The number of ether oxygens (including phenoxy) is 1. The van der Waals surface area contributed by atoms with Crippen LogP contribution in [0.4, 0.5) is 0 Å². The van der Waals surface area contributed by atoms with Crippen molar-refractivity contribution in [2.45, 2.75) is 37.6 Å². The minimum Gasteiger partial charge on any atom is -0.474 e. The van der Waals surface area contributed by atoms with Gasteiger partial charge < -0.3 is 15.0 Å². The van der Waals surface area contributed by atoms with E-state index in [9.17, 15) is 4.79 Å². The number of hydrogen-bond donors (Lipinski definition) is 1. The summed E-state index contributed by atoms with van der Waals surface area (Å²) in [6.45, 7) is 6.08. The minimum absolute atomic E-state index is 0.0333. The molecule has 1 aromatic carbocycles. The molecular weight excluding hydrogens is 352 g/mol. The summed E-state index contributed by atoms with van der Waals surface area (Å²) >= 11 is 0. The second kappa shape index (κ2) is 7.09. The molecule has 0 spiro atoms. The van der Waals surface area contributed by atoms with Gasteiger partial charge in [-0.1, -0.05) is 25.1 Å². The Morgan fingerprint density at radius 1 is 1.29 bits per heavy atom. The molecule has 1 aliphatic carbocycles. The van der Waals surface area contributed by atoms with Crippen molar-refractivity contribution in [2.24, 2.45) is 0 Å². The van der Waals surface area contributed by atoms with Gasteiger partial charge in [0.05, 0.1) is 29.5 Å². The molecule has 0 saturated heterocycles. The van der Waals surface area contributed by atoms with Crippen molar-refractivity contribution in [1.82, 2.24) is 20.0 Å². The lowest BCUT2D eigenvalue weighted by Gasteiger charge is -2.32. The Morgan fingerprint density at radius 2 is 2.11 bits per heavy atom. The van der Waals surface area contributed by atoms with Crippen LogP contribution in [0.25, 0.3) is 5.69 Å². The molecule has 3 aliphatic rings. The Kier molecular flexibility index (Phi) is 4.43. The van der Waals surface area contributed by atoms with Crippen molar-refractivity contribution in [1.29, 1.82) is 0 Å². The van der Waals surface area contributed by atoms with Crippen LogP contribution in [0.3, 0.4) is 0 Å². The van der Waals surface area contributed by atoms with Gasteiger partial charge in [0.2, 0.25) is 11.8 Å². The SMILES string of the molecule is C=CC(=O)N1CCOc2nn(-c3ccc(C4CCC4)cc3)c3c2C(C1)NCC3. The first-order valence-corrected chi connectivity index (χ1v) is 10.2. The second-order valence-electron chi connectivity index (χ2n) is 7.89. The van der Waals surface area contributed by atoms with Crippen LogP contribution in [-0.4, -0.2) is 46.8 Å². The summed E-state index contributed by atoms with van der Waals surface area (Å²) in [5.41, 5.74) is 4.79. The normalized spacial score (nSPS) is 21.7. The van der Waals surface area contributed by atoms with E-state index >= 15 is 0 Å². The topological polar surface area (TPSA) is 59.4 Å². The lowest BCUT2D eigenvalue weighted by Crippen LogP contribution is -2.44. The van der Waals surface area contributed by atoms with Crippen molar-refractivity contribution >= 4 is 5.91 Å². The molecule has 1 saturated carbocycles. The second-order valence-corrected chi connectivity index (χ2v) is 7.89. The van der Waals surface area contributed by atoms with Crippen molar-refractivity contribution in [3.05, 3.63) is 53.7 Å². The average molecular weight is 378 g/mol. The van der Waals surface area contributed by atoms with E-state index in [0.717, 1.165) is 30.1 Å². The number of amides is 1. The third kappa shape index (κ3) is 2.92. The molecule has 1 N–H and O–H groups in total. The molecule has 1 unspecified atom stereocenters. The molecule has 2 aliphatic heterocycles. The third-order valence-electron chi connectivity index (χ3n) is 6.29. The Labute approximate surface area is 165 Å². The largest absolute Gasteiger partial charge is 0.474 e. The van der Waals surface area contributed by atoms with Crippen molar-refractivity contribution < 1.29 is 9.53 Å². The van der Waals surface area contributed by atoms with Crippen LogP contribution in [0.5, 0.6) is 5.88 Å². The van der Waals surface area contributed by atoms with Gasteiger partial charge in [0, 0.05) is 19.5 Å². The monoisotopic (exact) mass is 378 g/mol. The van der Waals surface area contributed by atoms with Gasteiger partial charge in [0.1, 0.15) is 6.61 Å². The fourth-order valence-corrected chi connectivity index (χ4v) is 4.50. The van der Waals surface area contributed by atoms with Gasteiger partial charge in [-0.05, 0) is 42.5 Å². The summed E-state index contributed by atoms with van der Waals surface area (Å²) in [4.78, 5) is 14.0. The molecule has 146 valence electrons. The first kappa shape index (κ1) is 17.5. The fraction of sp³-hybridized carbons (Fsp3) is 0.455. The number of carbonyl (C=O) groups is 1. The zero-order valence-electron chi connectivity index (χ0n) is 16.1. The molecular formula is C22H26N4O2. The zero-order valence-corrected chi connectivity index (χ0v) is 16.1. The summed E-state index contributed by atoms with van der Waals surface area (Å²) in [7, 11) is 0. The van der Waals surface area contributed by atoms with E-state index in [1.54, 1.807) is 4.90 Å². The lowest BCUT2D eigenvalue weighted by molar-refractivity contribution is -0.127. The van der Waals surface area contributed by atoms with Crippen molar-refractivity contribution in [3.63, 3.8) is 0 Å². The summed E-state index contributed by atoms with van der Waals surface area (Å²) in [6.07, 6.45) is 6.23. The summed E-state index contributed by atoms with van der Waals surface area (Å²) in [6, 6.07) is 8.87. The van der Waals surface area contributed by atoms with E-state index in [2.05, 4.69) is 36.2 Å². The molecule has 28 heavy (non-hydrogen) atoms. The van der Waals surface area contributed by atoms with Crippen LogP contribution >= 0.6 is 0 Å². The van der Waals surface area contributed by atoms with Crippen LogP contribution < -0.4 is 10.1 Å². The van der Waals surface area contributed by atoms with Crippen LogP contribution in [0.1, 0.15) is 48.0 Å². The first-order valence-electron chi connectivity index (χ1n) is 10.2. The summed E-state index contributed by atoms with van der Waals surface area (Å²) in [5.74, 6) is 1.37. The molecule has 6 nitrogen and oxygen atoms in total. The first-order chi connectivity index (χ1) is 13.7. The van der Waals surface area contributed by atoms with Gasteiger partial charge in [-0.3, -0.25) is 4.79 Å². The molecule has 1 amide bonds. The smallest absolute Gasteiger partial charge is 0.246 e. The molecule has 5 rings (SSSR count). The minimum atomic E-state index is -0.0556. The molecule has 0 bridgehead atoms. The van der Waals surface area contributed by atoms with Crippen LogP contribution in [-0.2, 0) is 11.2 Å². The summed E-state index contributed by atoms with van der Waals surface area (Å²) in [5, 5.41) is 8.35. The van der Waals surface area contributed by atoms with Crippen LogP contribution in [0.2, 0.25) is 0 Å². The maximum atomic E-state index is 12.2. The molecule has 1 aromatic heterocycles. The summed E-state index contributed by atoms with van der Waals surface area (Å²) < 4.78 is 8.03. The number of carbonyl (C=O) groups excluding carboxylic acids is 1. The van der Waals surface area contributed by atoms with E-state index in [1.165, 1.54) is 36.6 Å².